The standard InChI is InChI=1S/C19H21NO4/c1-3-23-19(22)14-6-4-5-7-15(14)20-16-11-13-8-9-18(21)24-17(13)10-12(16)2/h8-11,20H,3-7H2,1-2H3. The van der Waals surface area contributed by atoms with Crippen LogP contribution in [-0.2, 0) is 9.53 Å². The van der Waals surface area contributed by atoms with Gasteiger partial charge in [0.15, 0.2) is 0 Å². The lowest BCUT2D eigenvalue weighted by molar-refractivity contribution is -0.138. The molecular weight excluding hydrogens is 306 g/mol. The van der Waals surface area contributed by atoms with Crippen LogP contribution >= 0.6 is 0 Å². The van der Waals surface area contributed by atoms with Crippen LogP contribution in [-0.4, -0.2) is 12.6 Å². The lowest BCUT2D eigenvalue weighted by Gasteiger charge is -2.21. The summed E-state index contributed by atoms with van der Waals surface area (Å²) in [7, 11) is 0. The normalized spacial score (nSPS) is 14.8. The highest BCUT2D eigenvalue weighted by molar-refractivity contribution is 5.91. The molecule has 3 rings (SSSR count). The zero-order valence-electron chi connectivity index (χ0n) is 14.0. The first-order valence-corrected chi connectivity index (χ1v) is 8.29. The molecule has 1 aromatic heterocycles. The fourth-order valence-electron chi connectivity index (χ4n) is 3.00. The molecule has 1 aliphatic rings. The number of esters is 1. The predicted molar refractivity (Wildman–Crippen MR) is 93.0 cm³/mol. The number of fused-ring (bicyclic) bond motifs is 1. The molecule has 126 valence electrons. The van der Waals surface area contributed by atoms with Crippen molar-refractivity contribution in [3.63, 3.8) is 0 Å². The first-order valence-electron chi connectivity index (χ1n) is 8.29. The second kappa shape index (κ2) is 6.91. The van der Waals surface area contributed by atoms with Gasteiger partial charge in [-0.1, -0.05) is 0 Å². The largest absolute Gasteiger partial charge is 0.463 e. The molecule has 1 aliphatic carbocycles. The molecule has 0 unspecified atom stereocenters. The Labute approximate surface area is 140 Å². The third kappa shape index (κ3) is 3.35. The number of hydrogen-bond donors (Lipinski definition) is 1. The van der Waals surface area contributed by atoms with Gasteiger partial charge in [0.25, 0.3) is 0 Å². The van der Waals surface area contributed by atoms with Gasteiger partial charge in [-0.2, -0.15) is 0 Å². The quantitative estimate of drug-likeness (QED) is 0.681. The summed E-state index contributed by atoms with van der Waals surface area (Å²) in [5, 5.41) is 4.25. The molecular formula is C19H21NO4. The molecule has 0 fully saturated rings. The first kappa shape index (κ1) is 16.3. The number of aryl methyl sites for hydroxylation is 1. The molecule has 0 aliphatic heterocycles. The van der Waals surface area contributed by atoms with Crippen LogP contribution in [0.4, 0.5) is 5.69 Å². The van der Waals surface area contributed by atoms with Crippen LogP contribution in [0.25, 0.3) is 11.0 Å². The number of carbonyl (C=O) groups is 1. The third-order valence-electron chi connectivity index (χ3n) is 4.24. The average molecular weight is 327 g/mol. The van der Waals surface area contributed by atoms with E-state index < -0.39 is 0 Å². The summed E-state index contributed by atoms with van der Waals surface area (Å²) >= 11 is 0. The van der Waals surface area contributed by atoms with Crippen LogP contribution in [0, 0.1) is 6.92 Å². The summed E-state index contributed by atoms with van der Waals surface area (Å²) in [4.78, 5) is 23.5. The van der Waals surface area contributed by atoms with Crippen molar-refractivity contribution in [1.82, 2.24) is 0 Å². The number of hydrogen-bond acceptors (Lipinski definition) is 5. The number of anilines is 1. The van der Waals surface area contributed by atoms with E-state index >= 15 is 0 Å². The zero-order valence-corrected chi connectivity index (χ0v) is 14.0. The molecule has 0 atom stereocenters. The first-order chi connectivity index (χ1) is 11.6. The Kier molecular flexibility index (Phi) is 4.69. The SMILES string of the molecule is CCOC(=O)C1=C(Nc2cc3ccc(=O)oc3cc2C)CCCC1. The van der Waals surface area contributed by atoms with Crippen LogP contribution in [0.15, 0.2) is 44.7 Å². The molecule has 1 aromatic carbocycles. The third-order valence-corrected chi connectivity index (χ3v) is 4.24. The summed E-state index contributed by atoms with van der Waals surface area (Å²) in [5.74, 6) is -0.232. The number of benzene rings is 1. The smallest absolute Gasteiger partial charge is 0.336 e. The molecule has 1 heterocycles. The molecule has 5 nitrogen and oxygen atoms in total. The number of ether oxygens (including phenoxy) is 1. The van der Waals surface area contributed by atoms with Gasteiger partial charge >= 0.3 is 11.6 Å². The second-order valence-corrected chi connectivity index (χ2v) is 5.97. The number of allylic oxidation sites excluding steroid dienone is 1. The van der Waals surface area contributed by atoms with Gasteiger partial charge in [0.1, 0.15) is 5.58 Å². The molecule has 1 N–H and O–H groups in total. The Balaban J connectivity index is 1.98. The molecule has 0 spiro atoms. The van der Waals surface area contributed by atoms with E-state index in [1.165, 1.54) is 6.07 Å². The Morgan fingerprint density at radius 2 is 2.04 bits per heavy atom. The van der Waals surface area contributed by atoms with Gasteiger partial charge in [-0.05, 0) is 63.3 Å². The minimum absolute atomic E-state index is 0.232. The van der Waals surface area contributed by atoms with Crippen molar-refractivity contribution in [3.05, 3.63) is 51.5 Å². The minimum atomic E-state index is -0.359. The summed E-state index contributed by atoms with van der Waals surface area (Å²) in [6.45, 7) is 4.14. The van der Waals surface area contributed by atoms with E-state index in [0.717, 1.165) is 53.6 Å². The Morgan fingerprint density at radius 1 is 1.25 bits per heavy atom. The van der Waals surface area contributed by atoms with Crippen LogP contribution in [0.5, 0.6) is 0 Å². The van der Waals surface area contributed by atoms with Crippen molar-refractivity contribution in [1.29, 1.82) is 0 Å². The van der Waals surface area contributed by atoms with Crippen molar-refractivity contribution in [2.24, 2.45) is 0 Å². The van der Waals surface area contributed by atoms with Crippen molar-refractivity contribution < 1.29 is 13.9 Å². The highest BCUT2D eigenvalue weighted by atomic mass is 16.5. The molecule has 24 heavy (non-hydrogen) atoms. The maximum atomic E-state index is 12.2. The maximum Gasteiger partial charge on any atom is 0.336 e. The fraction of sp³-hybridized carbons (Fsp3) is 0.368. The molecule has 0 radical (unpaired) electrons. The average Bonchev–Trinajstić information content (AvgIpc) is 2.56. The number of carbonyl (C=O) groups excluding carboxylic acids is 1. The van der Waals surface area contributed by atoms with E-state index in [0.29, 0.717) is 12.2 Å². The Hall–Kier alpha value is -2.56. The molecule has 0 saturated heterocycles. The summed E-state index contributed by atoms with van der Waals surface area (Å²) in [6.07, 6.45) is 3.62. The molecule has 5 heteroatoms. The molecule has 2 aromatic rings. The van der Waals surface area contributed by atoms with Gasteiger partial charge in [-0.3, -0.25) is 0 Å². The van der Waals surface area contributed by atoms with E-state index in [-0.39, 0.29) is 11.6 Å². The van der Waals surface area contributed by atoms with Gasteiger partial charge in [-0.15, -0.1) is 0 Å². The number of rotatable bonds is 4. The lowest BCUT2D eigenvalue weighted by atomic mass is 9.95. The van der Waals surface area contributed by atoms with Gasteiger partial charge in [0.2, 0.25) is 0 Å². The van der Waals surface area contributed by atoms with Crippen LogP contribution < -0.4 is 10.9 Å². The van der Waals surface area contributed by atoms with E-state index in [1.54, 1.807) is 6.07 Å². The van der Waals surface area contributed by atoms with Crippen molar-refractivity contribution in [3.8, 4) is 0 Å². The van der Waals surface area contributed by atoms with E-state index in [9.17, 15) is 9.59 Å². The van der Waals surface area contributed by atoms with Crippen molar-refractivity contribution in [2.75, 3.05) is 11.9 Å². The minimum Gasteiger partial charge on any atom is -0.463 e. The van der Waals surface area contributed by atoms with Gasteiger partial charge in [0.05, 0.1) is 12.2 Å². The molecule has 0 bridgehead atoms. The van der Waals surface area contributed by atoms with Crippen molar-refractivity contribution in [2.45, 2.75) is 39.5 Å². The monoisotopic (exact) mass is 327 g/mol. The van der Waals surface area contributed by atoms with Crippen LogP contribution in [0.3, 0.4) is 0 Å². The van der Waals surface area contributed by atoms with E-state index in [1.807, 2.05) is 26.0 Å². The van der Waals surface area contributed by atoms with Gasteiger partial charge in [-0.25, -0.2) is 9.59 Å². The highest BCUT2D eigenvalue weighted by Crippen LogP contribution is 2.30. The highest BCUT2D eigenvalue weighted by Gasteiger charge is 2.20. The lowest BCUT2D eigenvalue weighted by Crippen LogP contribution is -2.17. The maximum absolute atomic E-state index is 12.2. The topological polar surface area (TPSA) is 68.5 Å². The van der Waals surface area contributed by atoms with Crippen LogP contribution in [0.1, 0.15) is 38.2 Å². The predicted octanol–water partition coefficient (Wildman–Crippen LogP) is 3.90. The number of nitrogens with one attached hydrogen (secondary N) is 1. The van der Waals surface area contributed by atoms with E-state index in [4.69, 9.17) is 9.15 Å². The Bertz CT molecular complexity index is 863. The van der Waals surface area contributed by atoms with Crippen LogP contribution in [0.2, 0.25) is 0 Å². The summed E-state index contributed by atoms with van der Waals surface area (Å²) in [5.41, 5.74) is 3.74. The fourth-order valence-corrected chi connectivity index (χ4v) is 3.00. The molecule has 0 saturated carbocycles. The Morgan fingerprint density at radius 3 is 2.83 bits per heavy atom. The zero-order chi connectivity index (χ0) is 17.1. The summed E-state index contributed by atoms with van der Waals surface area (Å²) in [6, 6.07) is 6.93. The molecule has 0 amide bonds. The summed E-state index contributed by atoms with van der Waals surface area (Å²) < 4.78 is 10.4. The second-order valence-electron chi connectivity index (χ2n) is 5.97. The van der Waals surface area contributed by atoms with Crippen molar-refractivity contribution >= 4 is 22.6 Å². The van der Waals surface area contributed by atoms with E-state index in [2.05, 4.69) is 5.32 Å². The van der Waals surface area contributed by atoms with Gasteiger partial charge < -0.3 is 14.5 Å². The van der Waals surface area contributed by atoms with Gasteiger partial charge in [0, 0.05) is 22.8 Å².